The van der Waals surface area contributed by atoms with Gasteiger partial charge in [-0.15, -0.1) is 0 Å². The van der Waals surface area contributed by atoms with Crippen molar-refractivity contribution < 1.29 is 34.9 Å². The molecule has 0 aliphatic heterocycles. The zero-order chi connectivity index (χ0) is 17.1. The van der Waals surface area contributed by atoms with Crippen LogP contribution in [0.3, 0.4) is 0 Å². The van der Waals surface area contributed by atoms with Crippen LogP contribution in [0.15, 0.2) is 12.1 Å². The maximum absolute atomic E-state index is 11.5. The van der Waals surface area contributed by atoms with E-state index in [9.17, 15) is 40.1 Å². The summed E-state index contributed by atoms with van der Waals surface area (Å²) in [7, 11) is 0. The van der Waals surface area contributed by atoms with Crippen LogP contribution >= 0.6 is 0 Å². The first-order valence-electron chi connectivity index (χ1n) is 5.92. The number of amides is 1. The highest BCUT2D eigenvalue weighted by molar-refractivity contribution is 6.01. The lowest BCUT2D eigenvalue weighted by Crippen LogP contribution is -2.42. The second kappa shape index (κ2) is 6.47. The summed E-state index contributed by atoms with van der Waals surface area (Å²) in [6, 6.07) is 1.40. The minimum absolute atomic E-state index is 0.453. The van der Waals surface area contributed by atoms with Crippen LogP contribution in [0.2, 0.25) is 0 Å². The molecule has 1 rings (SSSR count). The number of nitro groups is 1. The molecule has 0 aromatic heterocycles. The average molecular weight is 314 g/mol. The number of aromatic carboxylic acids is 1. The largest absolute Gasteiger partial charge is 0.478 e. The fourth-order valence-electron chi connectivity index (χ4n) is 2.05. The van der Waals surface area contributed by atoms with Crippen molar-refractivity contribution in [3.63, 3.8) is 0 Å². The molecule has 0 spiro atoms. The zero-order valence-corrected chi connectivity index (χ0v) is 11.2. The van der Waals surface area contributed by atoms with E-state index in [2.05, 4.69) is 0 Å². The molecule has 0 atom stereocenters. The lowest BCUT2D eigenvalue weighted by Gasteiger charge is -2.30. The zero-order valence-electron chi connectivity index (χ0n) is 11.2. The minimum atomic E-state index is -1.90. The van der Waals surface area contributed by atoms with Crippen molar-refractivity contribution >= 4 is 17.6 Å². The first-order chi connectivity index (χ1) is 10.2. The van der Waals surface area contributed by atoms with E-state index in [0.717, 1.165) is 6.07 Å². The Morgan fingerprint density at radius 3 is 1.91 bits per heavy atom. The predicted molar refractivity (Wildman–Crippen MR) is 71.5 cm³/mol. The van der Waals surface area contributed by atoms with Gasteiger partial charge in [-0.05, 0) is 5.56 Å². The Balaban J connectivity index is 3.91. The van der Waals surface area contributed by atoms with Gasteiger partial charge in [0.15, 0.2) is 0 Å². The summed E-state index contributed by atoms with van der Waals surface area (Å²) in [6.45, 7) is -2.71. The molecule has 22 heavy (non-hydrogen) atoms. The summed E-state index contributed by atoms with van der Waals surface area (Å²) in [5, 5.41) is 48.3. The van der Waals surface area contributed by atoms with Crippen LogP contribution in [-0.2, 0) is 5.41 Å². The molecule has 10 nitrogen and oxygen atoms in total. The van der Waals surface area contributed by atoms with Gasteiger partial charge in [-0.25, -0.2) is 4.79 Å². The average Bonchev–Trinajstić information content (AvgIpc) is 2.48. The molecule has 0 aliphatic rings. The standard InChI is InChI=1S/C12H14N2O8/c13-10(18)7-1-6(14(21)22)2-8(11(19)20)9(7)12(3-15,4-16)5-17/h1-2,15-17H,3-5H2,(H2,13,18)(H,19,20). The number of hydrogen-bond donors (Lipinski definition) is 5. The normalized spacial score (nSPS) is 11.2. The highest BCUT2D eigenvalue weighted by atomic mass is 16.6. The highest BCUT2D eigenvalue weighted by Gasteiger charge is 2.39. The molecule has 0 saturated heterocycles. The topological polar surface area (TPSA) is 184 Å². The Kier molecular flexibility index (Phi) is 5.14. The number of nitrogens with zero attached hydrogens (tertiary/aromatic N) is 1. The molecule has 0 heterocycles. The van der Waals surface area contributed by atoms with Gasteiger partial charge in [-0.2, -0.15) is 0 Å². The first-order valence-corrected chi connectivity index (χ1v) is 5.92. The number of primary amides is 1. The number of aliphatic hydroxyl groups is 3. The van der Waals surface area contributed by atoms with Crippen LogP contribution in [0.25, 0.3) is 0 Å². The number of carboxylic acid groups (broad SMARTS) is 1. The number of benzene rings is 1. The second-order valence-electron chi connectivity index (χ2n) is 4.60. The number of aliphatic hydroxyl groups excluding tert-OH is 3. The number of nitro benzene ring substituents is 1. The summed E-state index contributed by atoms with van der Waals surface area (Å²) in [5.41, 5.74) is 0.795. The lowest BCUT2D eigenvalue weighted by atomic mass is 9.77. The van der Waals surface area contributed by atoms with Crippen LogP contribution in [0.5, 0.6) is 0 Å². The second-order valence-corrected chi connectivity index (χ2v) is 4.60. The van der Waals surface area contributed by atoms with Gasteiger partial charge in [0.25, 0.3) is 5.69 Å². The number of non-ortho nitro benzene ring substituents is 1. The lowest BCUT2D eigenvalue weighted by molar-refractivity contribution is -0.384. The molecule has 1 aromatic rings. The van der Waals surface area contributed by atoms with Crippen molar-refractivity contribution in [2.24, 2.45) is 5.73 Å². The van der Waals surface area contributed by atoms with Crippen molar-refractivity contribution in [3.8, 4) is 0 Å². The molecular formula is C12H14N2O8. The Labute approximate surface area is 123 Å². The Bertz CT molecular complexity index is 580. The van der Waals surface area contributed by atoms with Gasteiger partial charge in [0, 0.05) is 12.1 Å². The fraction of sp³-hybridized carbons (Fsp3) is 0.333. The molecule has 120 valence electrons. The number of carboxylic acids is 1. The monoisotopic (exact) mass is 314 g/mol. The molecule has 0 bridgehead atoms. The van der Waals surface area contributed by atoms with Gasteiger partial charge < -0.3 is 26.2 Å². The molecule has 0 aliphatic carbocycles. The van der Waals surface area contributed by atoms with Gasteiger partial charge in [-0.3, -0.25) is 14.9 Å². The Morgan fingerprint density at radius 2 is 1.59 bits per heavy atom. The van der Waals surface area contributed by atoms with E-state index in [4.69, 9.17) is 5.73 Å². The van der Waals surface area contributed by atoms with Crippen LogP contribution in [-0.4, -0.2) is 57.0 Å². The van der Waals surface area contributed by atoms with Crippen LogP contribution in [0.1, 0.15) is 26.3 Å². The summed E-state index contributed by atoms with van der Waals surface area (Å²) in [4.78, 5) is 32.8. The summed E-state index contributed by atoms with van der Waals surface area (Å²) in [5.74, 6) is -2.83. The molecule has 0 saturated carbocycles. The Hall–Kier alpha value is -2.56. The minimum Gasteiger partial charge on any atom is -0.478 e. The van der Waals surface area contributed by atoms with E-state index in [0.29, 0.717) is 6.07 Å². The first kappa shape index (κ1) is 17.5. The third-order valence-electron chi connectivity index (χ3n) is 3.27. The number of rotatable bonds is 7. The van der Waals surface area contributed by atoms with E-state index < -0.39 is 64.4 Å². The van der Waals surface area contributed by atoms with Crippen molar-refractivity contribution in [1.82, 2.24) is 0 Å². The molecule has 0 fully saturated rings. The van der Waals surface area contributed by atoms with Crippen LogP contribution in [0, 0.1) is 10.1 Å². The summed E-state index contributed by atoms with van der Waals surface area (Å²) in [6.07, 6.45) is 0. The highest BCUT2D eigenvalue weighted by Crippen LogP contribution is 2.33. The van der Waals surface area contributed by atoms with E-state index in [1.165, 1.54) is 0 Å². The van der Waals surface area contributed by atoms with Gasteiger partial charge in [0.1, 0.15) is 0 Å². The third kappa shape index (κ3) is 2.88. The molecule has 6 N–H and O–H groups in total. The van der Waals surface area contributed by atoms with E-state index in [1.807, 2.05) is 0 Å². The maximum atomic E-state index is 11.5. The number of carbonyl (C=O) groups excluding carboxylic acids is 1. The summed E-state index contributed by atoms with van der Waals surface area (Å²) < 4.78 is 0. The van der Waals surface area contributed by atoms with E-state index in [-0.39, 0.29) is 0 Å². The van der Waals surface area contributed by atoms with Gasteiger partial charge in [-0.1, -0.05) is 0 Å². The maximum Gasteiger partial charge on any atom is 0.336 e. The van der Waals surface area contributed by atoms with E-state index >= 15 is 0 Å². The van der Waals surface area contributed by atoms with Crippen molar-refractivity contribution in [2.75, 3.05) is 19.8 Å². The SMILES string of the molecule is NC(=O)c1cc([N+](=O)[O-])cc(C(=O)O)c1C(CO)(CO)CO. The quantitative estimate of drug-likeness (QED) is 0.300. The van der Waals surface area contributed by atoms with Gasteiger partial charge in [0.05, 0.1) is 41.3 Å². The van der Waals surface area contributed by atoms with Crippen molar-refractivity contribution in [3.05, 3.63) is 38.9 Å². The van der Waals surface area contributed by atoms with Gasteiger partial charge >= 0.3 is 5.97 Å². The third-order valence-corrected chi connectivity index (χ3v) is 3.27. The number of hydrogen-bond acceptors (Lipinski definition) is 7. The molecule has 0 radical (unpaired) electrons. The molecule has 1 amide bonds. The fourth-order valence-corrected chi connectivity index (χ4v) is 2.05. The Morgan fingerprint density at radius 1 is 1.14 bits per heavy atom. The summed E-state index contributed by atoms with van der Waals surface area (Å²) >= 11 is 0. The molecule has 0 unspecified atom stereocenters. The van der Waals surface area contributed by atoms with E-state index in [1.54, 1.807) is 0 Å². The molecule has 10 heteroatoms. The predicted octanol–water partition coefficient (Wildman–Crippen LogP) is -1.39. The van der Waals surface area contributed by atoms with Crippen molar-refractivity contribution in [2.45, 2.75) is 5.41 Å². The van der Waals surface area contributed by atoms with Crippen LogP contribution in [0.4, 0.5) is 5.69 Å². The molecular weight excluding hydrogens is 300 g/mol. The van der Waals surface area contributed by atoms with Crippen LogP contribution < -0.4 is 5.73 Å². The smallest absolute Gasteiger partial charge is 0.336 e. The van der Waals surface area contributed by atoms with Crippen molar-refractivity contribution in [1.29, 1.82) is 0 Å². The number of nitrogens with two attached hydrogens (primary N) is 1. The number of carbonyl (C=O) groups is 2. The van der Waals surface area contributed by atoms with Gasteiger partial charge in [0.2, 0.25) is 5.91 Å². The molecule has 1 aromatic carbocycles.